The van der Waals surface area contributed by atoms with Crippen LogP contribution in [-0.2, 0) is 11.3 Å². The van der Waals surface area contributed by atoms with E-state index in [9.17, 15) is 9.59 Å². The van der Waals surface area contributed by atoms with Crippen molar-refractivity contribution in [2.24, 2.45) is 0 Å². The minimum absolute atomic E-state index is 0.0551. The Labute approximate surface area is 145 Å². The van der Waals surface area contributed by atoms with Crippen LogP contribution in [0.25, 0.3) is 0 Å². The monoisotopic (exact) mass is 355 g/mol. The fraction of sp³-hybridized carbons (Fsp3) is 0.625. The summed E-state index contributed by atoms with van der Waals surface area (Å²) in [6.45, 7) is 0.976. The third-order valence-corrected chi connectivity index (χ3v) is 5.86. The lowest BCUT2D eigenvalue weighted by atomic mass is 9.90. The van der Waals surface area contributed by atoms with Crippen LogP contribution in [0.2, 0.25) is 4.34 Å². The van der Waals surface area contributed by atoms with Gasteiger partial charge in [-0.15, -0.1) is 11.3 Å². The summed E-state index contributed by atoms with van der Waals surface area (Å²) in [5.74, 6) is -0.0551. The molecule has 2 aliphatic rings. The highest BCUT2D eigenvalue weighted by Crippen LogP contribution is 2.33. The van der Waals surface area contributed by atoms with Gasteiger partial charge in [-0.3, -0.25) is 9.69 Å². The van der Waals surface area contributed by atoms with Gasteiger partial charge in [0.2, 0.25) is 0 Å². The average Bonchev–Trinajstić information content (AvgIpc) is 2.88. The fourth-order valence-electron chi connectivity index (χ4n) is 3.47. The number of hydrogen-bond donors (Lipinski definition) is 1. The van der Waals surface area contributed by atoms with E-state index in [2.05, 4.69) is 5.32 Å². The topological polar surface area (TPSA) is 52.6 Å². The Hall–Kier alpha value is -1.11. The molecular formula is C16H22ClN3O2S. The number of urea groups is 1. The summed E-state index contributed by atoms with van der Waals surface area (Å²) in [6, 6.07) is 3.58. The number of imide groups is 1. The maximum absolute atomic E-state index is 12.8. The van der Waals surface area contributed by atoms with Crippen molar-refractivity contribution in [3.8, 4) is 0 Å². The van der Waals surface area contributed by atoms with E-state index in [0.717, 1.165) is 47.7 Å². The molecule has 0 aromatic carbocycles. The van der Waals surface area contributed by atoms with Crippen molar-refractivity contribution in [1.29, 1.82) is 0 Å². The Morgan fingerprint density at radius 2 is 1.96 bits per heavy atom. The molecule has 0 unspecified atom stereocenters. The number of thiophene rings is 1. The third-order valence-electron chi connectivity index (χ3n) is 4.64. The molecule has 1 aliphatic carbocycles. The zero-order chi connectivity index (χ0) is 16.4. The van der Waals surface area contributed by atoms with Gasteiger partial charge in [0.1, 0.15) is 5.54 Å². The zero-order valence-electron chi connectivity index (χ0n) is 13.3. The Morgan fingerprint density at radius 3 is 2.57 bits per heavy atom. The molecule has 0 bridgehead atoms. The third kappa shape index (κ3) is 3.54. The first kappa shape index (κ1) is 16.7. The lowest BCUT2D eigenvalue weighted by molar-refractivity contribution is -0.133. The molecule has 3 amide bonds. The molecule has 1 aliphatic heterocycles. The molecule has 1 N–H and O–H groups in total. The molecule has 7 heteroatoms. The largest absolute Gasteiger partial charge is 0.326 e. The number of nitrogens with zero attached hydrogens (tertiary/aromatic N) is 2. The van der Waals surface area contributed by atoms with Crippen molar-refractivity contribution in [1.82, 2.24) is 15.1 Å². The maximum Gasteiger partial charge on any atom is 0.326 e. The molecule has 5 nitrogen and oxygen atoms in total. The first-order chi connectivity index (χ1) is 11.0. The van der Waals surface area contributed by atoms with Crippen LogP contribution in [0, 0.1) is 0 Å². The Balaban J connectivity index is 1.65. The van der Waals surface area contributed by atoms with E-state index in [0.29, 0.717) is 13.2 Å². The standard InChI is InChI=1S/C16H22ClN3O2S/c1-19(10-12-6-7-13(17)23-12)11-20-14(21)16(18-15(20)22)8-4-2-3-5-9-16/h6-7H,2-5,8-11H2,1H3,(H,18,22). The van der Waals surface area contributed by atoms with Gasteiger partial charge in [0.25, 0.3) is 5.91 Å². The Morgan fingerprint density at radius 1 is 1.26 bits per heavy atom. The van der Waals surface area contributed by atoms with E-state index in [1.54, 1.807) is 0 Å². The van der Waals surface area contributed by atoms with Crippen LogP contribution in [0.3, 0.4) is 0 Å². The minimum Gasteiger partial charge on any atom is -0.323 e. The van der Waals surface area contributed by atoms with E-state index in [1.807, 2.05) is 24.1 Å². The van der Waals surface area contributed by atoms with E-state index < -0.39 is 5.54 Å². The maximum atomic E-state index is 12.8. The van der Waals surface area contributed by atoms with Crippen LogP contribution in [0.5, 0.6) is 0 Å². The van der Waals surface area contributed by atoms with Gasteiger partial charge in [0.05, 0.1) is 11.0 Å². The molecule has 1 spiro atoms. The zero-order valence-corrected chi connectivity index (χ0v) is 14.9. The Bertz CT molecular complexity index is 596. The molecule has 1 saturated carbocycles. The number of halogens is 1. The average molecular weight is 356 g/mol. The van der Waals surface area contributed by atoms with Gasteiger partial charge < -0.3 is 5.32 Å². The normalized spacial score (nSPS) is 21.1. The number of hydrogen-bond acceptors (Lipinski definition) is 4. The van der Waals surface area contributed by atoms with Crippen molar-refractivity contribution in [3.05, 3.63) is 21.3 Å². The first-order valence-electron chi connectivity index (χ1n) is 8.07. The number of rotatable bonds is 4. The molecule has 0 atom stereocenters. The van der Waals surface area contributed by atoms with E-state index in [4.69, 9.17) is 11.6 Å². The van der Waals surface area contributed by atoms with Crippen LogP contribution in [-0.4, -0.2) is 41.0 Å². The summed E-state index contributed by atoms with van der Waals surface area (Å²) in [7, 11) is 1.91. The molecular weight excluding hydrogens is 334 g/mol. The van der Waals surface area contributed by atoms with Gasteiger partial charge in [-0.05, 0) is 32.0 Å². The predicted octanol–water partition coefficient (Wildman–Crippen LogP) is 3.44. The second-order valence-corrected chi connectivity index (χ2v) is 8.32. The number of carbonyl (C=O) groups excluding carboxylic acids is 2. The highest BCUT2D eigenvalue weighted by molar-refractivity contribution is 7.16. The molecule has 1 aromatic rings. The van der Waals surface area contributed by atoms with Crippen LogP contribution in [0.15, 0.2) is 12.1 Å². The SMILES string of the molecule is CN(Cc1ccc(Cl)s1)CN1C(=O)NC2(CCCCCC2)C1=O. The molecule has 0 radical (unpaired) electrons. The lowest BCUT2D eigenvalue weighted by Crippen LogP contribution is -2.47. The Kier molecular flexibility index (Phi) is 4.94. The van der Waals surface area contributed by atoms with Crippen molar-refractivity contribution >= 4 is 34.9 Å². The van der Waals surface area contributed by atoms with Gasteiger partial charge >= 0.3 is 6.03 Å². The highest BCUT2D eigenvalue weighted by atomic mass is 35.5. The minimum atomic E-state index is -0.652. The summed E-state index contributed by atoms with van der Waals surface area (Å²) in [5.41, 5.74) is -0.652. The van der Waals surface area contributed by atoms with Crippen LogP contribution >= 0.6 is 22.9 Å². The summed E-state index contributed by atoms with van der Waals surface area (Å²) in [6.07, 6.45) is 5.82. The first-order valence-corrected chi connectivity index (χ1v) is 9.26. The molecule has 2 fully saturated rings. The van der Waals surface area contributed by atoms with Crippen LogP contribution < -0.4 is 5.32 Å². The summed E-state index contributed by atoms with van der Waals surface area (Å²) >= 11 is 7.46. The van der Waals surface area contributed by atoms with Crippen LogP contribution in [0.1, 0.15) is 43.4 Å². The van der Waals surface area contributed by atoms with Crippen molar-refractivity contribution in [3.63, 3.8) is 0 Å². The molecule has 126 valence electrons. The predicted molar refractivity (Wildman–Crippen MR) is 91.5 cm³/mol. The van der Waals surface area contributed by atoms with E-state index in [1.165, 1.54) is 16.2 Å². The molecule has 1 aromatic heterocycles. The van der Waals surface area contributed by atoms with E-state index in [-0.39, 0.29) is 11.9 Å². The van der Waals surface area contributed by atoms with Crippen molar-refractivity contribution in [2.45, 2.75) is 50.6 Å². The highest BCUT2D eigenvalue weighted by Gasteiger charge is 2.50. The van der Waals surface area contributed by atoms with Crippen molar-refractivity contribution < 1.29 is 9.59 Å². The number of amides is 3. The summed E-state index contributed by atoms with van der Waals surface area (Å²) in [5, 5.41) is 2.97. The quantitative estimate of drug-likeness (QED) is 0.842. The van der Waals surface area contributed by atoms with E-state index >= 15 is 0 Å². The van der Waals surface area contributed by atoms with Gasteiger partial charge in [-0.2, -0.15) is 0 Å². The molecule has 1 saturated heterocycles. The molecule has 23 heavy (non-hydrogen) atoms. The number of nitrogens with one attached hydrogen (secondary N) is 1. The molecule has 3 rings (SSSR count). The molecule has 2 heterocycles. The van der Waals surface area contributed by atoms with Gasteiger partial charge in [0.15, 0.2) is 0 Å². The second-order valence-electron chi connectivity index (χ2n) is 6.52. The fourth-order valence-corrected chi connectivity index (χ4v) is 4.64. The summed E-state index contributed by atoms with van der Waals surface area (Å²) < 4.78 is 0.751. The number of carbonyl (C=O) groups is 2. The van der Waals surface area contributed by atoms with Gasteiger partial charge in [0, 0.05) is 11.4 Å². The van der Waals surface area contributed by atoms with Crippen molar-refractivity contribution in [2.75, 3.05) is 13.7 Å². The second kappa shape index (κ2) is 6.79. The van der Waals surface area contributed by atoms with Crippen LogP contribution in [0.4, 0.5) is 4.79 Å². The van der Waals surface area contributed by atoms with Gasteiger partial charge in [-0.25, -0.2) is 9.69 Å². The smallest absolute Gasteiger partial charge is 0.323 e. The summed E-state index contributed by atoms with van der Waals surface area (Å²) in [4.78, 5) is 29.6. The van der Waals surface area contributed by atoms with Gasteiger partial charge in [-0.1, -0.05) is 37.3 Å². The lowest BCUT2D eigenvalue weighted by Gasteiger charge is -2.26.